The van der Waals surface area contributed by atoms with E-state index in [-0.39, 0.29) is 5.69 Å². The molecule has 0 radical (unpaired) electrons. The van der Waals surface area contributed by atoms with Crippen LogP contribution in [0.3, 0.4) is 0 Å². The van der Waals surface area contributed by atoms with Crippen molar-refractivity contribution in [1.29, 1.82) is 0 Å². The number of hydrogen-bond acceptors (Lipinski definition) is 5. The molecule has 144 valence electrons. The molecule has 0 N–H and O–H groups in total. The Hall–Kier alpha value is -3.16. The van der Waals surface area contributed by atoms with Gasteiger partial charge in [0.2, 0.25) is 0 Å². The quantitative estimate of drug-likeness (QED) is 0.223. The molecular weight excluding hydrogens is 408 g/mol. The highest BCUT2D eigenvalue weighted by Crippen LogP contribution is 2.31. The van der Waals surface area contributed by atoms with E-state index >= 15 is 0 Å². The highest BCUT2D eigenvalue weighted by Gasteiger charge is 2.18. The third-order valence-electron chi connectivity index (χ3n) is 4.22. The zero-order valence-corrected chi connectivity index (χ0v) is 16.7. The third kappa shape index (κ3) is 4.31. The van der Waals surface area contributed by atoms with Crippen molar-refractivity contribution in [3.63, 3.8) is 0 Å². The molecule has 8 heteroatoms. The average molecular weight is 423 g/mol. The van der Waals surface area contributed by atoms with Crippen LogP contribution in [-0.2, 0) is 5.75 Å². The van der Waals surface area contributed by atoms with E-state index < -0.39 is 4.92 Å². The van der Waals surface area contributed by atoms with Crippen molar-refractivity contribution in [1.82, 2.24) is 14.8 Å². The largest absolute Gasteiger partial charge is 0.270 e. The lowest BCUT2D eigenvalue weighted by Crippen LogP contribution is -2.00. The lowest BCUT2D eigenvalue weighted by Gasteiger charge is -2.10. The molecule has 29 heavy (non-hydrogen) atoms. The van der Waals surface area contributed by atoms with E-state index in [1.807, 2.05) is 59.2 Å². The summed E-state index contributed by atoms with van der Waals surface area (Å²) >= 11 is 7.61. The zero-order valence-electron chi connectivity index (χ0n) is 15.1. The van der Waals surface area contributed by atoms with E-state index in [2.05, 4.69) is 10.2 Å². The molecule has 0 unspecified atom stereocenters. The first kappa shape index (κ1) is 19.2. The summed E-state index contributed by atoms with van der Waals surface area (Å²) in [6.45, 7) is 0. The van der Waals surface area contributed by atoms with Crippen LogP contribution in [0.25, 0.3) is 17.1 Å². The molecule has 0 saturated heterocycles. The van der Waals surface area contributed by atoms with E-state index in [1.54, 1.807) is 12.1 Å². The number of benzene rings is 3. The molecule has 1 aromatic heterocycles. The highest BCUT2D eigenvalue weighted by molar-refractivity contribution is 7.98. The second-order valence-electron chi connectivity index (χ2n) is 6.20. The number of para-hydroxylation sites is 1. The molecule has 0 spiro atoms. The summed E-state index contributed by atoms with van der Waals surface area (Å²) in [5.74, 6) is 1.22. The number of halogens is 1. The number of aromatic nitrogens is 3. The van der Waals surface area contributed by atoms with Gasteiger partial charge in [0.15, 0.2) is 11.0 Å². The van der Waals surface area contributed by atoms with Gasteiger partial charge in [0.05, 0.1) is 4.92 Å². The molecule has 0 saturated carbocycles. The molecule has 4 aromatic rings. The standard InChI is InChI=1S/C21H15ClN4O2S/c22-17-8-4-6-15(12-17)14-29-21-24-23-20(25(21)18-9-2-1-3-10-18)16-7-5-11-19(13-16)26(27)28/h1-13H,14H2. The van der Waals surface area contributed by atoms with Crippen molar-refractivity contribution in [3.8, 4) is 17.1 Å². The van der Waals surface area contributed by atoms with Crippen LogP contribution < -0.4 is 0 Å². The van der Waals surface area contributed by atoms with Gasteiger partial charge in [0.25, 0.3) is 5.69 Å². The summed E-state index contributed by atoms with van der Waals surface area (Å²) < 4.78 is 1.91. The molecule has 0 amide bonds. The molecule has 0 aliphatic heterocycles. The van der Waals surface area contributed by atoms with Crippen LogP contribution in [0.15, 0.2) is 84.0 Å². The van der Waals surface area contributed by atoms with Crippen LogP contribution in [0.4, 0.5) is 5.69 Å². The summed E-state index contributed by atoms with van der Waals surface area (Å²) in [5.41, 5.74) is 2.60. The smallest absolute Gasteiger partial charge is 0.270 e. The normalized spacial score (nSPS) is 10.8. The molecule has 0 bridgehead atoms. The van der Waals surface area contributed by atoms with Gasteiger partial charge >= 0.3 is 0 Å². The molecule has 0 fully saturated rings. The average Bonchev–Trinajstić information content (AvgIpc) is 3.17. The Bertz CT molecular complexity index is 1160. The fourth-order valence-corrected chi connectivity index (χ4v) is 4.00. The Balaban J connectivity index is 1.75. The minimum absolute atomic E-state index is 0.0123. The predicted octanol–water partition coefficient (Wildman–Crippen LogP) is 5.79. The van der Waals surface area contributed by atoms with E-state index in [0.717, 1.165) is 11.3 Å². The second kappa shape index (κ2) is 8.46. The van der Waals surface area contributed by atoms with Crippen LogP contribution in [-0.4, -0.2) is 19.7 Å². The Morgan fingerprint density at radius 3 is 2.52 bits per heavy atom. The van der Waals surface area contributed by atoms with Crippen molar-refractivity contribution in [3.05, 3.63) is 99.6 Å². The van der Waals surface area contributed by atoms with Gasteiger partial charge in [-0.2, -0.15) is 0 Å². The summed E-state index contributed by atoms with van der Waals surface area (Å²) in [7, 11) is 0. The highest BCUT2D eigenvalue weighted by atomic mass is 35.5. The van der Waals surface area contributed by atoms with Gasteiger partial charge in [-0.1, -0.05) is 65.8 Å². The maximum Gasteiger partial charge on any atom is 0.270 e. The van der Waals surface area contributed by atoms with Crippen molar-refractivity contribution in [2.75, 3.05) is 0 Å². The molecule has 6 nitrogen and oxygen atoms in total. The second-order valence-corrected chi connectivity index (χ2v) is 7.58. The lowest BCUT2D eigenvalue weighted by molar-refractivity contribution is -0.384. The molecule has 0 atom stereocenters. The summed E-state index contributed by atoms with van der Waals surface area (Å²) in [6, 6.07) is 23.8. The summed E-state index contributed by atoms with van der Waals surface area (Å²) in [6.07, 6.45) is 0. The van der Waals surface area contributed by atoms with Crippen LogP contribution in [0.2, 0.25) is 5.02 Å². The minimum atomic E-state index is -0.415. The van der Waals surface area contributed by atoms with Crippen molar-refractivity contribution in [2.45, 2.75) is 10.9 Å². The van der Waals surface area contributed by atoms with Gasteiger partial charge in [-0.3, -0.25) is 14.7 Å². The number of hydrogen-bond donors (Lipinski definition) is 0. The third-order valence-corrected chi connectivity index (χ3v) is 5.46. The first-order valence-corrected chi connectivity index (χ1v) is 10.1. The maximum atomic E-state index is 11.2. The SMILES string of the molecule is O=[N+]([O-])c1cccc(-c2nnc(SCc3cccc(Cl)c3)n2-c2ccccc2)c1. The Morgan fingerprint density at radius 2 is 1.76 bits per heavy atom. The summed E-state index contributed by atoms with van der Waals surface area (Å²) in [5, 5.41) is 21.2. The van der Waals surface area contributed by atoms with Gasteiger partial charge in [-0.15, -0.1) is 10.2 Å². The zero-order chi connectivity index (χ0) is 20.2. The fourth-order valence-electron chi connectivity index (χ4n) is 2.89. The Labute approximate surface area is 176 Å². The first-order chi connectivity index (χ1) is 14.1. The molecular formula is C21H15ClN4O2S. The van der Waals surface area contributed by atoms with E-state index in [1.165, 1.54) is 23.9 Å². The lowest BCUT2D eigenvalue weighted by atomic mass is 10.2. The van der Waals surface area contributed by atoms with Gasteiger partial charge in [0.1, 0.15) is 0 Å². The molecule has 3 aromatic carbocycles. The van der Waals surface area contributed by atoms with Crippen LogP contribution in [0.1, 0.15) is 5.56 Å². The first-order valence-electron chi connectivity index (χ1n) is 8.75. The van der Waals surface area contributed by atoms with Crippen molar-refractivity contribution in [2.24, 2.45) is 0 Å². The van der Waals surface area contributed by atoms with Crippen LogP contribution >= 0.6 is 23.4 Å². The van der Waals surface area contributed by atoms with Crippen LogP contribution in [0, 0.1) is 10.1 Å². The molecule has 0 aliphatic carbocycles. The monoisotopic (exact) mass is 422 g/mol. The van der Waals surface area contributed by atoms with E-state index in [0.29, 0.717) is 27.3 Å². The minimum Gasteiger partial charge on any atom is -0.270 e. The number of nitrogens with zero attached hydrogens (tertiary/aromatic N) is 4. The topological polar surface area (TPSA) is 73.8 Å². The fraction of sp³-hybridized carbons (Fsp3) is 0.0476. The molecule has 4 rings (SSSR count). The van der Waals surface area contributed by atoms with Crippen molar-refractivity contribution >= 4 is 29.1 Å². The Kier molecular flexibility index (Phi) is 5.59. The van der Waals surface area contributed by atoms with Gasteiger partial charge in [0, 0.05) is 34.2 Å². The maximum absolute atomic E-state index is 11.2. The molecule has 1 heterocycles. The molecule has 0 aliphatic rings. The predicted molar refractivity (Wildman–Crippen MR) is 114 cm³/mol. The van der Waals surface area contributed by atoms with Crippen molar-refractivity contribution < 1.29 is 4.92 Å². The number of rotatable bonds is 6. The van der Waals surface area contributed by atoms with Gasteiger partial charge in [-0.05, 0) is 29.8 Å². The number of nitro groups is 1. The number of nitro benzene ring substituents is 1. The van der Waals surface area contributed by atoms with Gasteiger partial charge < -0.3 is 0 Å². The number of non-ortho nitro benzene ring substituents is 1. The number of thioether (sulfide) groups is 1. The van der Waals surface area contributed by atoms with Gasteiger partial charge in [-0.25, -0.2) is 0 Å². The van der Waals surface area contributed by atoms with E-state index in [9.17, 15) is 10.1 Å². The van der Waals surface area contributed by atoms with Crippen LogP contribution in [0.5, 0.6) is 0 Å². The van der Waals surface area contributed by atoms with E-state index in [4.69, 9.17) is 11.6 Å². The summed E-state index contributed by atoms with van der Waals surface area (Å²) in [4.78, 5) is 10.8. The Morgan fingerprint density at radius 1 is 0.966 bits per heavy atom.